The number of rotatable bonds is 5. The van der Waals surface area contributed by atoms with Crippen molar-refractivity contribution in [2.45, 2.75) is 19.4 Å². The normalized spacial score (nSPS) is 13.6. The fraction of sp³-hybridized carbons (Fsp3) is 0.462. The second-order valence-electron chi connectivity index (χ2n) is 3.78. The topological polar surface area (TPSA) is 68.3 Å². The lowest BCUT2D eigenvalue weighted by atomic mass is 9.92. The zero-order valence-electron chi connectivity index (χ0n) is 10.4. The van der Waals surface area contributed by atoms with Gasteiger partial charge < -0.3 is 15.2 Å². The van der Waals surface area contributed by atoms with E-state index in [0.29, 0.717) is 17.9 Å². The van der Waals surface area contributed by atoms with Crippen LogP contribution in [-0.2, 0) is 0 Å². The van der Waals surface area contributed by atoms with Gasteiger partial charge in [0, 0.05) is 11.6 Å². The molecule has 0 spiro atoms. The number of ether oxygens (including phenoxy) is 2. The average molecular weight is 234 g/mol. The maximum absolute atomic E-state index is 9.05. The molecule has 0 saturated carbocycles. The van der Waals surface area contributed by atoms with E-state index in [1.54, 1.807) is 20.3 Å². The Morgan fingerprint density at radius 2 is 2.06 bits per heavy atom. The number of benzene rings is 1. The van der Waals surface area contributed by atoms with Gasteiger partial charge >= 0.3 is 0 Å². The molecule has 92 valence electrons. The molecule has 1 rings (SSSR count). The standard InChI is InChI=1S/C13H18N2O2/c1-4-9(8-14)13(15)11-7-10(16-2)5-6-12(11)17-3/h5-7,9,13H,4,15H2,1-3H3. The molecule has 0 aliphatic heterocycles. The smallest absolute Gasteiger partial charge is 0.123 e. The van der Waals surface area contributed by atoms with Crippen LogP contribution in [0.15, 0.2) is 18.2 Å². The Morgan fingerprint density at radius 3 is 2.53 bits per heavy atom. The Hall–Kier alpha value is -1.73. The first kappa shape index (κ1) is 13.3. The molecule has 0 aromatic heterocycles. The number of hydrogen-bond acceptors (Lipinski definition) is 4. The van der Waals surface area contributed by atoms with Gasteiger partial charge in [0.25, 0.3) is 0 Å². The average Bonchev–Trinajstić information content (AvgIpc) is 2.39. The predicted molar refractivity (Wildman–Crippen MR) is 65.9 cm³/mol. The van der Waals surface area contributed by atoms with E-state index < -0.39 is 0 Å². The first-order valence-electron chi connectivity index (χ1n) is 5.55. The van der Waals surface area contributed by atoms with E-state index in [1.165, 1.54) is 0 Å². The van der Waals surface area contributed by atoms with Crippen molar-refractivity contribution in [2.75, 3.05) is 14.2 Å². The maximum atomic E-state index is 9.05. The zero-order valence-corrected chi connectivity index (χ0v) is 10.4. The summed E-state index contributed by atoms with van der Waals surface area (Å²) in [5, 5.41) is 9.05. The molecule has 0 bridgehead atoms. The largest absolute Gasteiger partial charge is 0.497 e. The van der Waals surface area contributed by atoms with Gasteiger partial charge in [-0.05, 0) is 24.6 Å². The van der Waals surface area contributed by atoms with E-state index in [9.17, 15) is 0 Å². The molecule has 4 nitrogen and oxygen atoms in total. The van der Waals surface area contributed by atoms with Crippen LogP contribution in [0.2, 0.25) is 0 Å². The van der Waals surface area contributed by atoms with Crippen molar-refractivity contribution in [3.63, 3.8) is 0 Å². The third-order valence-electron chi connectivity index (χ3n) is 2.84. The Bertz CT molecular complexity index is 412. The van der Waals surface area contributed by atoms with Crippen LogP contribution in [0.1, 0.15) is 24.9 Å². The van der Waals surface area contributed by atoms with Crippen molar-refractivity contribution in [1.82, 2.24) is 0 Å². The third-order valence-corrected chi connectivity index (χ3v) is 2.84. The van der Waals surface area contributed by atoms with Crippen molar-refractivity contribution in [3.8, 4) is 17.6 Å². The lowest BCUT2D eigenvalue weighted by Gasteiger charge is -2.19. The molecule has 2 N–H and O–H groups in total. The molecule has 1 aromatic carbocycles. The number of nitrogens with two attached hydrogens (primary N) is 1. The first-order chi connectivity index (χ1) is 8.17. The van der Waals surface area contributed by atoms with Crippen LogP contribution in [0, 0.1) is 17.2 Å². The number of methoxy groups -OCH3 is 2. The number of nitrogens with zero attached hydrogens (tertiary/aromatic N) is 1. The van der Waals surface area contributed by atoms with Crippen LogP contribution < -0.4 is 15.2 Å². The van der Waals surface area contributed by atoms with Crippen molar-refractivity contribution < 1.29 is 9.47 Å². The van der Waals surface area contributed by atoms with Crippen LogP contribution in [0.25, 0.3) is 0 Å². The Morgan fingerprint density at radius 1 is 1.35 bits per heavy atom. The van der Waals surface area contributed by atoms with Gasteiger partial charge in [-0.3, -0.25) is 0 Å². The van der Waals surface area contributed by atoms with Crippen molar-refractivity contribution >= 4 is 0 Å². The predicted octanol–water partition coefficient (Wildman–Crippen LogP) is 2.25. The van der Waals surface area contributed by atoms with Crippen molar-refractivity contribution in [2.24, 2.45) is 11.7 Å². The van der Waals surface area contributed by atoms with Gasteiger partial charge in [-0.2, -0.15) is 5.26 Å². The van der Waals surface area contributed by atoms with E-state index >= 15 is 0 Å². The highest BCUT2D eigenvalue weighted by atomic mass is 16.5. The SMILES string of the molecule is CCC(C#N)C(N)c1cc(OC)ccc1OC. The highest BCUT2D eigenvalue weighted by molar-refractivity contribution is 5.42. The summed E-state index contributed by atoms with van der Waals surface area (Å²) in [6.07, 6.45) is 0.706. The minimum absolute atomic E-state index is 0.226. The quantitative estimate of drug-likeness (QED) is 0.848. The van der Waals surface area contributed by atoms with E-state index in [4.69, 9.17) is 20.5 Å². The summed E-state index contributed by atoms with van der Waals surface area (Å²) in [7, 11) is 3.18. The molecule has 1 aromatic rings. The van der Waals surface area contributed by atoms with Crippen LogP contribution >= 0.6 is 0 Å². The van der Waals surface area contributed by atoms with E-state index in [2.05, 4.69) is 6.07 Å². The van der Waals surface area contributed by atoms with Crippen LogP contribution in [0.3, 0.4) is 0 Å². The van der Waals surface area contributed by atoms with Gasteiger partial charge in [-0.15, -0.1) is 0 Å². The van der Waals surface area contributed by atoms with Gasteiger partial charge in [0.15, 0.2) is 0 Å². The van der Waals surface area contributed by atoms with Crippen molar-refractivity contribution in [1.29, 1.82) is 5.26 Å². The summed E-state index contributed by atoms with van der Waals surface area (Å²) in [6.45, 7) is 1.94. The van der Waals surface area contributed by atoms with E-state index in [-0.39, 0.29) is 12.0 Å². The van der Waals surface area contributed by atoms with Crippen molar-refractivity contribution in [3.05, 3.63) is 23.8 Å². The molecule has 4 heteroatoms. The molecule has 2 atom stereocenters. The molecule has 2 unspecified atom stereocenters. The van der Waals surface area contributed by atoms with E-state index in [0.717, 1.165) is 5.56 Å². The molecular weight excluding hydrogens is 216 g/mol. The molecule has 0 amide bonds. The van der Waals surface area contributed by atoms with Gasteiger partial charge in [-0.25, -0.2) is 0 Å². The molecule has 0 heterocycles. The minimum Gasteiger partial charge on any atom is -0.497 e. The highest BCUT2D eigenvalue weighted by Gasteiger charge is 2.21. The molecule has 0 fully saturated rings. The monoisotopic (exact) mass is 234 g/mol. The summed E-state index contributed by atoms with van der Waals surface area (Å²) < 4.78 is 10.4. The first-order valence-corrected chi connectivity index (χ1v) is 5.55. The lowest BCUT2D eigenvalue weighted by Crippen LogP contribution is -2.20. The number of nitriles is 1. The van der Waals surface area contributed by atoms with Crippen LogP contribution in [0.5, 0.6) is 11.5 Å². The zero-order chi connectivity index (χ0) is 12.8. The summed E-state index contributed by atoms with van der Waals surface area (Å²) in [4.78, 5) is 0. The fourth-order valence-corrected chi connectivity index (χ4v) is 1.74. The Balaban J connectivity index is 3.13. The van der Waals surface area contributed by atoms with Gasteiger partial charge in [-0.1, -0.05) is 6.92 Å². The Kier molecular flexibility index (Phi) is 4.80. The van der Waals surface area contributed by atoms with Crippen LogP contribution in [-0.4, -0.2) is 14.2 Å². The second kappa shape index (κ2) is 6.12. The van der Waals surface area contributed by atoms with Gasteiger partial charge in [0.1, 0.15) is 11.5 Å². The Labute approximate surface area is 102 Å². The number of hydrogen-bond donors (Lipinski definition) is 1. The van der Waals surface area contributed by atoms with Gasteiger partial charge in [0.2, 0.25) is 0 Å². The molecular formula is C13H18N2O2. The maximum Gasteiger partial charge on any atom is 0.123 e. The van der Waals surface area contributed by atoms with E-state index in [1.807, 2.05) is 19.1 Å². The molecule has 0 radical (unpaired) electrons. The fourth-order valence-electron chi connectivity index (χ4n) is 1.74. The highest BCUT2D eigenvalue weighted by Crippen LogP contribution is 2.32. The third kappa shape index (κ3) is 2.89. The van der Waals surface area contributed by atoms with Crippen LogP contribution in [0.4, 0.5) is 0 Å². The summed E-state index contributed by atoms with van der Waals surface area (Å²) >= 11 is 0. The summed E-state index contributed by atoms with van der Waals surface area (Å²) in [6, 6.07) is 7.29. The van der Waals surface area contributed by atoms with Gasteiger partial charge in [0.05, 0.1) is 26.2 Å². The second-order valence-corrected chi connectivity index (χ2v) is 3.78. The molecule has 0 aliphatic carbocycles. The summed E-state index contributed by atoms with van der Waals surface area (Å²) in [5.41, 5.74) is 6.91. The minimum atomic E-state index is -0.366. The molecule has 0 aliphatic rings. The molecule has 17 heavy (non-hydrogen) atoms. The lowest BCUT2D eigenvalue weighted by molar-refractivity contribution is 0.388. The summed E-state index contributed by atoms with van der Waals surface area (Å²) in [5.74, 6) is 1.17. The molecule has 0 saturated heterocycles.